The van der Waals surface area contributed by atoms with Gasteiger partial charge in [-0.25, -0.2) is 0 Å². The molecule has 2 aliphatic rings. The molecule has 0 aromatic carbocycles. The summed E-state index contributed by atoms with van der Waals surface area (Å²) in [7, 11) is 0. The van der Waals surface area contributed by atoms with E-state index in [2.05, 4.69) is 6.58 Å². The van der Waals surface area contributed by atoms with Crippen LogP contribution in [0.25, 0.3) is 0 Å². The summed E-state index contributed by atoms with van der Waals surface area (Å²) in [6.45, 7) is 7.77. The summed E-state index contributed by atoms with van der Waals surface area (Å²) >= 11 is 0. The van der Waals surface area contributed by atoms with Crippen LogP contribution in [0, 0.1) is 5.92 Å². The second-order valence-electron chi connectivity index (χ2n) is 4.12. The number of fused-ring (bicyclic) bond motifs is 1. The molecule has 2 heteroatoms. The standard InChI is InChI=1S/C10H14O2/c1-6(2)7-4-8(11)10(3)9(5-7)12-10/h7,9H,1,4-5H2,2-3H3/t7-,9+,10+/m0/s1. The first-order valence-electron chi connectivity index (χ1n) is 4.40. The van der Waals surface area contributed by atoms with Crippen molar-refractivity contribution in [3.05, 3.63) is 12.2 Å². The number of hydrogen-bond acceptors (Lipinski definition) is 2. The topological polar surface area (TPSA) is 29.6 Å². The fourth-order valence-electron chi connectivity index (χ4n) is 1.92. The van der Waals surface area contributed by atoms with Crippen LogP contribution in [0.15, 0.2) is 12.2 Å². The van der Waals surface area contributed by atoms with Crippen LogP contribution >= 0.6 is 0 Å². The number of rotatable bonds is 1. The Bertz CT molecular complexity index is 257. The molecule has 0 spiro atoms. The van der Waals surface area contributed by atoms with Crippen molar-refractivity contribution in [2.24, 2.45) is 5.92 Å². The van der Waals surface area contributed by atoms with Crippen molar-refractivity contribution in [1.82, 2.24) is 0 Å². The van der Waals surface area contributed by atoms with Crippen molar-refractivity contribution in [2.75, 3.05) is 0 Å². The Hall–Kier alpha value is -0.630. The summed E-state index contributed by atoms with van der Waals surface area (Å²) in [6, 6.07) is 0. The van der Waals surface area contributed by atoms with E-state index in [0.29, 0.717) is 12.3 Å². The number of Topliss-reactive ketones (excluding diaryl/α,β-unsaturated/α-hetero) is 1. The van der Waals surface area contributed by atoms with E-state index in [0.717, 1.165) is 12.0 Å². The Labute approximate surface area is 72.6 Å². The first kappa shape index (κ1) is 7.99. The van der Waals surface area contributed by atoms with Gasteiger partial charge in [0.15, 0.2) is 5.78 Å². The van der Waals surface area contributed by atoms with Crippen LogP contribution in [-0.4, -0.2) is 17.5 Å². The summed E-state index contributed by atoms with van der Waals surface area (Å²) in [6.07, 6.45) is 1.79. The molecule has 0 amide bonds. The normalized spacial score (nSPS) is 45.3. The molecule has 0 bridgehead atoms. The van der Waals surface area contributed by atoms with Crippen LogP contribution < -0.4 is 0 Å². The lowest BCUT2D eigenvalue weighted by molar-refractivity contribution is -0.124. The highest BCUT2D eigenvalue weighted by Crippen LogP contribution is 2.48. The zero-order valence-corrected chi connectivity index (χ0v) is 7.59. The van der Waals surface area contributed by atoms with Crippen LogP contribution in [0.2, 0.25) is 0 Å². The van der Waals surface area contributed by atoms with Gasteiger partial charge in [0.1, 0.15) is 5.60 Å². The maximum absolute atomic E-state index is 11.5. The Kier molecular flexibility index (Phi) is 1.46. The molecule has 1 saturated heterocycles. The number of carbonyl (C=O) groups is 1. The van der Waals surface area contributed by atoms with Gasteiger partial charge < -0.3 is 4.74 Å². The average Bonchev–Trinajstić information content (AvgIpc) is 2.62. The molecule has 0 aromatic rings. The zero-order chi connectivity index (χ0) is 8.93. The minimum atomic E-state index is -0.411. The molecule has 12 heavy (non-hydrogen) atoms. The van der Waals surface area contributed by atoms with E-state index in [1.165, 1.54) is 0 Å². The summed E-state index contributed by atoms with van der Waals surface area (Å²) < 4.78 is 5.37. The first-order valence-corrected chi connectivity index (χ1v) is 4.40. The molecule has 0 N–H and O–H groups in total. The molecule has 0 unspecified atom stereocenters. The van der Waals surface area contributed by atoms with Gasteiger partial charge in [0, 0.05) is 6.42 Å². The van der Waals surface area contributed by atoms with E-state index < -0.39 is 5.60 Å². The molecule has 2 fully saturated rings. The molecule has 2 rings (SSSR count). The lowest BCUT2D eigenvalue weighted by Gasteiger charge is -2.21. The van der Waals surface area contributed by atoms with E-state index in [1.54, 1.807) is 0 Å². The third kappa shape index (κ3) is 0.944. The predicted octanol–water partition coefficient (Wildman–Crippen LogP) is 1.70. The number of ketones is 1. The van der Waals surface area contributed by atoms with E-state index >= 15 is 0 Å². The molecule has 2 nitrogen and oxygen atoms in total. The molecule has 1 heterocycles. The number of ether oxygens (including phenoxy) is 1. The van der Waals surface area contributed by atoms with Crippen molar-refractivity contribution in [1.29, 1.82) is 0 Å². The Morgan fingerprint density at radius 2 is 2.42 bits per heavy atom. The van der Waals surface area contributed by atoms with Gasteiger partial charge in [-0.3, -0.25) is 4.79 Å². The quantitative estimate of drug-likeness (QED) is 0.438. The van der Waals surface area contributed by atoms with Crippen LogP contribution in [0.4, 0.5) is 0 Å². The molecule has 1 aliphatic carbocycles. The number of allylic oxidation sites excluding steroid dienone is 1. The average molecular weight is 166 g/mol. The fraction of sp³-hybridized carbons (Fsp3) is 0.700. The first-order chi connectivity index (χ1) is 5.54. The maximum atomic E-state index is 11.5. The van der Waals surface area contributed by atoms with E-state index in [1.807, 2.05) is 13.8 Å². The SMILES string of the molecule is C=C(C)[C@H]1CC(=O)[C@@]2(C)O[C@@H]2C1. The molecule has 0 aromatic heterocycles. The predicted molar refractivity (Wildman–Crippen MR) is 45.8 cm³/mol. The lowest BCUT2D eigenvalue weighted by atomic mass is 9.79. The minimum absolute atomic E-state index is 0.181. The fourth-order valence-corrected chi connectivity index (χ4v) is 1.92. The number of carbonyl (C=O) groups excluding carboxylic acids is 1. The highest BCUT2D eigenvalue weighted by Gasteiger charge is 2.61. The van der Waals surface area contributed by atoms with Gasteiger partial charge in [0.05, 0.1) is 6.10 Å². The monoisotopic (exact) mass is 166 g/mol. The summed E-state index contributed by atoms with van der Waals surface area (Å²) in [4.78, 5) is 11.5. The Morgan fingerprint density at radius 1 is 1.75 bits per heavy atom. The van der Waals surface area contributed by atoms with Crippen LogP contribution in [0.1, 0.15) is 26.7 Å². The van der Waals surface area contributed by atoms with Gasteiger partial charge >= 0.3 is 0 Å². The highest BCUT2D eigenvalue weighted by atomic mass is 16.6. The van der Waals surface area contributed by atoms with Crippen molar-refractivity contribution in [3.63, 3.8) is 0 Å². The number of epoxide rings is 1. The minimum Gasteiger partial charge on any atom is -0.358 e. The van der Waals surface area contributed by atoms with Gasteiger partial charge in [0.25, 0.3) is 0 Å². The molecule has 1 aliphatic heterocycles. The third-order valence-corrected chi connectivity index (χ3v) is 3.13. The van der Waals surface area contributed by atoms with Crippen molar-refractivity contribution in [3.8, 4) is 0 Å². The molecule has 3 atom stereocenters. The Balaban J connectivity index is 2.12. The molecular formula is C10H14O2. The van der Waals surface area contributed by atoms with Crippen molar-refractivity contribution in [2.45, 2.75) is 38.4 Å². The van der Waals surface area contributed by atoms with Crippen molar-refractivity contribution >= 4 is 5.78 Å². The van der Waals surface area contributed by atoms with Crippen LogP contribution in [-0.2, 0) is 9.53 Å². The summed E-state index contributed by atoms with van der Waals surface area (Å²) in [5, 5.41) is 0. The highest BCUT2D eigenvalue weighted by molar-refractivity contribution is 5.91. The van der Waals surface area contributed by atoms with Gasteiger partial charge in [-0.1, -0.05) is 12.2 Å². The van der Waals surface area contributed by atoms with Gasteiger partial charge in [-0.2, -0.15) is 0 Å². The lowest BCUT2D eigenvalue weighted by Crippen LogP contribution is -2.32. The number of hydrogen-bond donors (Lipinski definition) is 0. The molecule has 0 radical (unpaired) electrons. The van der Waals surface area contributed by atoms with Crippen LogP contribution in [0.3, 0.4) is 0 Å². The van der Waals surface area contributed by atoms with E-state index in [-0.39, 0.29) is 11.9 Å². The van der Waals surface area contributed by atoms with Crippen molar-refractivity contribution < 1.29 is 9.53 Å². The second kappa shape index (κ2) is 2.19. The summed E-state index contributed by atoms with van der Waals surface area (Å²) in [5.41, 5.74) is 0.701. The van der Waals surface area contributed by atoms with Gasteiger partial charge in [0.2, 0.25) is 0 Å². The third-order valence-electron chi connectivity index (χ3n) is 3.13. The summed E-state index contributed by atoms with van der Waals surface area (Å²) in [5.74, 6) is 0.616. The maximum Gasteiger partial charge on any atom is 0.167 e. The van der Waals surface area contributed by atoms with E-state index in [4.69, 9.17) is 4.74 Å². The Morgan fingerprint density at radius 3 is 2.92 bits per heavy atom. The van der Waals surface area contributed by atoms with Gasteiger partial charge in [-0.15, -0.1) is 0 Å². The zero-order valence-electron chi connectivity index (χ0n) is 7.59. The van der Waals surface area contributed by atoms with Gasteiger partial charge in [-0.05, 0) is 26.2 Å². The smallest absolute Gasteiger partial charge is 0.167 e. The molecular weight excluding hydrogens is 152 g/mol. The molecule has 1 saturated carbocycles. The largest absolute Gasteiger partial charge is 0.358 e. The van der Waals surface area contributed by atoms with E-state index in [9.17, 15) is 4.79 Å². The second-order valence-corrected chi connectivity index (χ2v) is 4.12. The molecule has 66 valence electrons. The van der Waals surface area contributed by atoms with Crippen LogP contribution in [0.5, 0.6) is 0 Å².